The number of aromatic amines is 1. The van der Waals surface area contributed by atoms with Gasteiger partial charge >= 0.3 is 5.97 Å². The van der Waals surface area contributed by atoms with Crippen molar-refractivity contribution < 1.29 is 14.7 Å². The molecule has 20 heavy (non-hydrogen) atoms. The number of aryl methyl sites for hydroxylation is 2. The zero-order chi connectivity index (χ0) is 15.1. The molecule has 0 bridgehead atoms. The number of likely N-dealkylation sites (tertiary alicyclic amines) is 1. The van der Waals surface area contributed by atoms with Gasteiger partial charge in [-0.25, -0.2) is 4.79 Å². The van der Waals surface area contributed by atoms with Gasteiger partial charge in [0.15, 0.2) is 0 Å². The molecule has 1 fully saturated rings. The van der Waals surface area contributed by atoms with E-state index in [1.165, 1.54) is 11.8 Å². The number of H-pyrrole nitrogens is 1. The van der Waals surface area contributed by atoms with E-state index < -0.39 is 23.0 Å². The number of nitrogens with one attached hydrogen (secondary N) is 1. The molecule has 1 atom stereocenters. The van der Waals surface area contributed by atoms with Gasteiger partial charge in [0.05, 0.1) is 0 Å². The van der Waals surface area contributed by atoms with Crippen molar-refractivity contribution in [3.05, 3.63) is 33.2 Å². The molecular formula is C14H18N2O4. The quantitative estimate of drug-likeness (QED) is 0.846. The van der Waals surface area contributed by atoms with E-state index in [2.05, 4.69) is 4.98 Å². The number of amides is 1. The lowest BCUT2D eigenvalue weighted by Gasteiger charge is -2.31. The van der Waals surface area contributed by atoms with Crippen molar-refractivity contribution in [3.63, 3.8) is 0 Å². The molecular weight excluding hydrogens is 260 g/mol. The van der Waals surface area contributed by atoms with E-state index in [1.807, 2.05) is 0 Å². The normalized spacial score (nSPS) is 22.1. The highest BCUT2D eigenvalue weighted by atomic mass is 16.4. The minimum atomic E-state index is -1.24. The van der Waals surface area contributed by atoms with Crippen LogP contribution in [0.4, 0.5) is 0 Å². The summed E-state index contributed by atoms with van der Waals surface area (Å²) in [4.78, 5) is 39.8. The maximum Gasteiger partial charge on any atom is 0.329 e. The standard InChI is InChI=1S/C14H18N2O4/c1-8-7-9(2)15-11(17)10(8)12(18)16-6-4-5-14(16,3)13(19)20/h7H,4-6H2,1-3H3,(H,15,17)(H,19,20)/t14-/m0/s1. The summed E-state index contributed by atoms with van der Waals surface area (Å²) in [5.41, 5.74) is -0.430. The average molecular weight is 278 g/mol. The third-order valence-electron chi connectivity index (χ3n) is 3.93. The molecule has 1 aliphatic heterocycles. The monoisotopic (exact) mass is 278 g/mol. The van der Waals surface area contributed by atoms with Crippen LogP contribution in [0.2, 0.25) is 0 Å². The molecule has 1 saturated heterocycles. The van der Waals surface area contributed by atoms with Gasteiger partial charge in [-0.05, 0) is 45.2 Å². The van der Waals surface area contributed by atoms with Gasteiger partial charge in [0.25, 0.3) is 11.5 Å². The van der Waals surface area contributed by atoms with E-state index in [0.717, 1.165) is 0 Å². The van der Waals surface area contributed by atoms with Gasteiger partial charge in [0, 0.05) is 12.2 Å². The molecule has 1 aromatic heterocycles. The molecule has 6 nitrogen and oxygen atoms in total. The van der Waals surface area contributed by atoms with Crippen molar-refractivity contribution in [3.8, 4) is 0 Å². The van der Waals surface area contributed by atoms with E-state index in [9.17, 15) is 19.5 Å². The van der Waals surface area contributed by atoms with Crippen molar-refractivity contribution in [2.75, 3.05) is 6.54 Å². The average Bonchev–Trinajstić information content (AvgIpc) is 2.71. The van der Waals surface area contributed by atoms with Crippen LogP contribution in [-0.4, -0.2) is 39.0 Å². The van der Waals surface area contributed by atoms with Crippen molar-refractivity contribution >= 4 is 11.9 Å². The van der Waals surface area contributed by atoms with Crippen LogP contribution in [0.1, 0.15) is 41.4 Å². The maximum atomic E-state index is 12.6. The summed E-state index contributed by atoms with van der Waals surface area (Å²) in [5.74, 6) is -1.55. The Morgan fingerprint density at radius 3 is 2.60 bits per heavy atom. The highest BCUT2D eigenvalue weighted by molar-refractivity contribution is 5.99. The van der Waals surface area contributed by atoms with Gasteiger partial charge < -0.3 is 15.0 Å². The molecule has 0 unspecified atom stereocenters. The summed E-state index contributed by atoms with van der Waals surface area (Å²) in [6, 6.07) is 1.71. The van der Waals surface area contributed by atoms with Crippen LogP contribution in [0.25, 0.3) is 0 Å². The minimum Gasteiger partial charge on any atom is -0.480 e. The van der Waals surface area contributed by atoms with Gasteiger partial charge in [-0.2, -0.15) is 0 Å². The summed E-state index contributed by atoms with van der Waals surface area (Å²) in [5, 5.41) is 9.34. The van der Waals surface area contributed by atoms with E-state index in [-0.39, 0.29) is 5.56 Å². The lowest BCUT2D eigenvalue weighted by Crippen LogP contribution is -2.51. The second-order valence-electron chi connectivity index (χ2n) is 5.48. The smallest absolute Gasteiger partial charge is 0.329 e. The molecule has 108 valence electrons. The van der Waals surface area contributed by atoms with E-state index in [0.29, 0.717) is 30.6 Å². The second kappa shape index (κ2) is 4.77. The van der Waals surface area contributed by atoms with Gasteiger partial charge in [-0.15, -0.1) is 0 Å². The number of hydrogen-bond acceptors (Lipinski definition) is 3. The summed E-state index contributed by atoms with van der Waals surface area (Å²) >= 11 is 0. The first-order valence-electron chi connectivity index (χ1n) is 6.53. The van der Waals surface area contributed by atoms with Gasteiger partial charge in [0.2, 0.25) is 0 Å². The zero-order valence-electron chi connectivity index (χ0n) is 11.8. The third kappa shape index (κ3) is 2.11. The van der Waals surface area contributed by atoms with Gasteiger partial charge in [-0.3, -0.25) is 9.59 Å². The summed E-state index contributed by atoms with van der Waals surface area (Å²) in [6.07, 6.45) is 1.02. The molecule has 0 radical (unpaired) electrons. The first kappa shape index (κ1) is 14.3. The van der Waals surface area contributed by atoms with E-state index in [1.54, 1.807) is 19.9 Å². The highest BCUT2D eigenvalue weighted by Gasteiger charge is 2.46. The topological polar surface area (TPSA) is 90.5 Å². The van der Waals surface area contributed by atoms with Crippen LogP contribution in [0.3, 0.4) is 0 Å². The summed E-state index contributed by atoms with van der Waals surface area (Å²) in [6.45, 7) is 5.30. The minimum absolute atomic E-state index is 0.0324. The SMILES string of the molecule is Cc1cc(C)c(C(=O)N2CCC[C@@]2(C)C(=O)O)c(=O)[nH]1. The number of pyridine rings is 1. The fourth-order valence-electron chi connectivity index (χ4n) is 2.77. The van der Waals surface area contributed by atoms with Gasteiger partial charge in [0.1, 0.15) is 11.1 Å². The zero-order valence-corrected chi connectivity index (χ0v) is 11.8. The Labute approximate surface area is 116 Å². The molecule has 0 saturated carbocycles. The Kier molecular flexibility index (Phi) is 3.41. The van der Waals surface area contributed by atoms with Crippen molar-refractivity contribution in [2.45, 2.75) is 39.2 Å². The molecule has 2 N–H and O–H groups in total. The fourth-order valence-corrected chi connectivity index (χ4v) is 2.77. The Bertz CT molecular complexity index is 635. The fraction of sp³-hybridized carbons (Fsp3) is 0.500. The Balaban J connectivity index is 2.47. The third-order valence-corrected chi connectivity index (χ3v) is 3.93. The Morgan fingerprint density at radius 2 is 2.05 bits per heavy atom. The van der Waals surface area contributed by atoms with E-state index >= 15 is 0 Å². The first-order valence-corrected chi connectivity index (χ1v) is 6.53. The lowest BCUT2D eigenvalue weighted by molar-refractivity contribution is -0.147. The molecule has 6 heteroatoms. The number of carbonyl (C=O) groups is 2. The van der Waals surface area contributed by atoms with Crippen molar-refractivity contribution in [2.24, 2.45) is 0 Å². The maximum absolute atomic E-state index is 12.6. The van der Waals surface area contributed by atoms with E-state index in [4.69, 9.17) is 0 Å². The number of carboxylic acids is 1. The van der Waals surface area contributed by atoms with Crippen LogP contribution < -0.4 is 5.56 Å². The largest absolute Gasteiger partial charge is 0.480 e. The number of carboxylic acid groups (broad SMARTS) is 1. The molecule has 1 aromatic rings. The summed E-state index contributed by atoms with van der Waals surface area (Å²) in [7, 11) is 0. The molecule has 0 aromatic carbocycles. The van der Waals surface area contributed by atoms with Crippen LogP contribution in [-0.2, 0) is 4.79 Å². The number of nitrogens with zero attached hydrogens (tertiary/aromatic N) is 1. The van der Waals surface area contributed by atoms with Crippen LogP contribution >= 0.6 is 0 Å². The Morgan fingerprint density at radius 1 is 1.40 bits per heavy atom. The number of aromatic nitrogens is 1. The van der Waals surface area contributed by atoms with Crippen molar-refractivity contribution in [1.29, 1.82) is 0 Å². The summed E-state index contributed by atoms with van der Waals surface area (Å²) < 4.78 is 0. The molecule has 0 aliphatic carbocycles. The molecule has 0 spiro atoms. The molecule has 2 rings (SSSR count). The van der Waals surface area contributed by atoms with Crippen molar-refractivity contribution in [1.82, 2.24) is 9.88 Å². The second-order valence-corrected chi connectivity index (χ2v) is 5.48. The van der Waals surface area contributed by atoms with Gasteiger partial charge in [-0.1, -0.05) is 0 Å². The highest BCUT2D eigenvalue weighted by Crippen LogP contribution is 2.30. The molecule has 1 aliphatic rings. The van der Waals surface area contributed by atoms with Crippen LogP contribution in [0.15, 0.2) is 10.9 Å². The number of rotatable bonds is 2. The predicted octanol–water partition coefficient (Wildman–Crippen LogP) is 1.07. The van der Waals surface area contributed by atoms with Crippen LogP contribution in [0, 0.1) is 13.8 Å². The Hall–Kier alpha value is -2.11. The number of hydrogen-bond donors (Lipinski definition) is 2. The molecule has 2 heterocycles. The number of carbonyl (C=O) groups excluding carboxylic acids is 1. The molecule has 1 amide bonds. The van der Waals surface area contributed by atoms with Crippen LogP contribution in [0.5, 0.6) is 0 Å². The number of aliphatic carboxylic acids is 1. The predicted molar refractivity (Wildman–Crippen MR) is 72.8 cm³/mol. The first-order chi connectivity index (χ1) is 9.27. The lowest BCUT2D eigenvalue weighted by atomic mass is 9.98.